The molecule has 0 aromatic carbocycles. The van der Waals surface area contributed by atoms with Crippen LogP contribution in [0.2, 0.25) is 0 Å². The highest BCUT2D eigenvalue weighted by Crippen LogP contribution is 2.08. The fourth-order valence-electron chi connectivity index (χ4n) is 0.864. The number of aliphatic hydroxyl groups excluding tert-OH is 1. The van der Waals surface area contributed by atoms with Gasteiger partial charge in [-0.3, -0.25) is 9.59 Å². The zero-order valence-corrected chi connectivity index (χ0v) is 8.09. The third kappa shape index (κ3) is 4.30. The van der Waals surface area contributed by atoms with Crippen LogP contribution in [0.5, 0.6) is 0 Å². The van der Waals surface area contributed by atoms with Crippen molar-refractivity contribution in [1.29, 1.82) is 0 Å². The highest BCUT2D eigenvalue weighted by Gasteiger charge is 2.13. The number of ketones is 1. The monoisotopic (exact) mass is 186 g/mol. The second kappa shape index (κ2) is 5.35. The topological polar surface area (TPSA) is 63.6 Å². The number of carbonyl (C=O) groups excluding carboxylic acids is 2. The van der Waals surface area contributed by atoms with Gasteiger partial charge in [-0.15, -0.1) is 0 Å². The van der Waals surface area contributed by atoms with Crippen molar-refractivity contribution in [3.8, 4) is 0 Å². The normalized spacial score (nSPS) is 11.9. The summed E-state index contributed by atoms with van der Waals surface area (Å²) in [4.78, 5) is 21.8. The molecule has 0 rings (SSSR count). The van der Waals surface area contributed by atoms with E-state index < -0.39 is 5.97 Å². The van der Waals surface area contributed by atoms with Crippen LogP contribution in [0, 0.1) is 0 Å². The van der Waals surface area contributed by atoms with E-state index in [2.05, 4.69) is 4.74 Å². The molecule has 4 heteroatoms. The molecule has 0 aliphatic heterocycles. The molecule has 0 amide bonds. The Balaban J connectivity index is 4.38. The van der Waals surface area contributed by atoms with Gasteiger partial charge in [0.15, 0.2) is 5.78 Å². The number of aliphatic hydroxyl groups is 1. The summed E-state index contributed by atoms with van der Waals surface area (Å²) in [6, 6.07) is 0. The number of ether oxygens (including phenoxy) is 1. The van der Waals surface area contributed by atoms with Gasteiger partial charge >= 0.3 is 5.97 Å². The molecule has 0 saturated carbocycles. The highest BCUT2D eigenvalue weighted by atomic mass is 16.5. The average molecular weight is 186 g/mol. The van der Waals surface area contributed by atoms with Crippen LogP contribution >= 0.6 is 0 Å². The summed E-state index contributed by atoms with van der Waals surface area (Å²) >= 11 is 0. The molecule has 74 valence electrons. The number of allylic oxidation sites excluding steroid dienone is 1. The van der Waals surface area contributed by atoms with E-state index in [1.54, 1.807) is 6.92 Å². The molecule has 1 N–H and O–H groups in total. The lowest BCUT2D eigenvalue weighted by molar-refractivity contribution is -0.142. The number of hydrogen-bond acceptors (Lipinski definition) is 4. The van der Waals surface area contributed by atoms with E-state index >= 15 is 0 Å². The quantitative estimate of drug-likeness (QED) is 0.409. The van der Waals surface area contributed by atoms with Crippen LogP contribution in [0.1, 0.15) is 27.2 Å². The molecule has 0 unspecified atom stereocenters. The van der Waals surface area contributed by atoms with Crippen molar-refractivity contribution in [1.82, 2.24) is 0 Å². The van der Waals surface area contributed by atoms with Crippen LogP contribution in [-0.2, 0) is 14.3 Å². The Kier molecular flexibility index (Phi) is 4.80. The van der Waals surface area contributed by atoms with E-state index in [1.165, 1.54) is 13.8 Å². The van der Waals surface area contributed by atoms with E-state index in [1.807, 2.05) is 0 Å². The van der Waals surface area contributed by atoms with E-state index in [9.17, 15) is 9.59 Å². The number of esters is 1. The zero-order chi connectivity index (χ0) is 10.4. The summed E-state index contributed by atoms with van der Waals surface area (Å²) in [5.74, 6) is -0.935. The predicted octanol–water partition coefficient (Wildman–Crippen LogP) is 1.36. The Morgan fingerprint density at radius 2 is 1.85 bits per heavy atom. The molecule has 4 nitrogen and oxygen atoms in total. The van der Waals surface area contributed by atoms with Gasteiger partial charge in [-0.25, -0.2) is 0 Å². The fourth-order valence-corrected chi connectivity index (χ4v) is 0.864. The standard InChI is InChI=1S/C9H14O4/c1-4-13-9(12)5-8(6(2)10)7(3)11/h10H,4-5H2,1-3H3. The van der Waals surface area contributed by atoms with Crippen LogP contribution in [0.15, 0.2) is 11.3 Å². The highest BCUT2D eigenvalue weighted by molar-refractivity contribution is 5.97. The number of rotatable bonds is 4. The first-order valence-electron chi connectivity index (χ1n) is 4.04. The second-order valence-corrected chi connectivity index (χ2v) is 2.60. The van der Waals surface area contributed by atoms with Crippen molar-refractivity contribution >= 4 is 11.8 Å². The summed E-state index contributed by atoms with van der Waals surface area (Å²) in [5, 5.41) is 9.05. The average Bonchev–Trinajstić information content (AvgIpc) is 1.99. The van der Waals surface area contributed by atoms with E-state index in [0.29, 0.717) is 0 Å². The first-order valence-corrected chi connectivity index (χ1v) is 4.04. The lowest BCUT2D eigenvalue weighted by atomic mass is 10.1. The first-order chi connectivity index (χ1) is 5.99. The lowest BCUT2D eigenvalue weighted by Crippen LogP contribution is -2.10. The van der Waals surface area contributed by atoms with Crippen LogP contribution in [0.25, 0.3) is 0 Å². The van der Waals surface area contributed by atoms with E-state index in [4.69, 9.17) is 5.11 Å². The van der Waals surface area contributed by atoms with Gasteiger partial charge in [0.2, 0.25) is 0 Å². The zero-order valence-electron chi connectivity index (χ0n) is 8.09. The van der Waals surface area contributed by atoms with Gasteiger partial charge in [-0.05, 0) is 20.8 Å². The maximum absolute atomic E-state index is 10.9. The lowest BCUT2D eigenvalue weighted by Gasteiger charge is -2.04. The molecule has 0 saturated heterocycles. The van der Waals surface area contributed by atoms with Crippen molar-refractivity contribution in [2.75, 3.05) is 6.61 Å². The molecule has 0 aliphatic rings. The molecule has 0 spiro atoms. The maximum Gasteiger partial charge on any atom is 0.310 e. The van der Waals surface area contributed by atoms with Gasteiger partial charge in [0, 0.05) is 5.57 Å². The van der Waals surface area contributed by atoms with Crippen molar-refractivity contribution in [3.63, 3.8) is 0 Å². The largest absolute Gasteiger partial charge is 0.512 e. The van der Waals surface area contributed by atoms with Crippen LogP contribution < -0.4 is 0 Å². The molecule has 0 atom stereocenters. The van der Waals surface area contributed by atoms with Crippen LogP contribution in [0.4, 0.5) is 0 Å². The van der Waals surface area contributed by atoms with Crippen LogP contribution in [-0.4, -0.2) is 23.5 Å². The molecule has 0 radical (unpaired) electrons. The van der Waals surface area contributed by atoms with Crippen molar-refractivity contribution in [2.45, 2.75) is 27.2 Å². The fraction of sp³-hybridized carbons (Fsp3) is 0.556. The third-order valence-corrected chi connectivity index (χ3v) is 1.49. The van der Waals surface area contributed by atoms with Gasteiger partial charge in [0.1, 0.15) is 0 Å². The smallest absolute Gasteiger partial charge is 0.310 e. The molecule has 0 fully saturated rings. The SMILES string of the molecule is CCOC(=O)CC(C(C)=O)=C(C)O. The first kappa shape index (κ1) is 11.7. The molecule has 0 heterocycles. The summed E-state index contributed by atoms with van der Waals surface area (Å²) in [7, 11) is 0. The Labute approximate surface area is 77.2 Å². The molecule has 0 aromatic rings. The minimum Gasteiger partial charge on any atom is -0.512 e. The third-order valence-electron chi connectivity index (χ3n) is 1.49. The number of hydrogen-bond donors (Lipinski definition) is 1. The van der Waals surface area contributed by atoms with Crippen molar-refractivity contribution < 1.29 is 19.4 Å². The van der Waals surface area contributed by atoms with E-state index in [0.717, 1.165) is 0 Å². The molecule has 0 bridgehead atoms. The molecule has 13 heavy (non-hydrogen) atoms. The Morgan fingerprint density at radius 1 is 1.31 bits per heavy atom. The van der Waals surface area contributed by atoms with Gasteiger partial charge in [-0.2, -0.15) is 0 Å². The van der Waals surface area contributed by atoms with Gasteiger partial charge < -0.3 is 9.84 Å². The number of Topliss-reactive ketones (excluding diaryl/α,β-unsaturated/α-hetero) is 1. The van der Waals surface area contributed by atoms with E-state index in [-0.39, 0.29) is 30.1 Å². The summed E-state index contributed by atoms with van der Waals surface area (Å²) in [6.07, 6.45) is -0.161. The molecular weight excluding hydrogens is 172 g/mol. The molecular formula is C9H14O4. The van der Waals surface area contributed by atoms with Gasteiger partial charge in [0.05, 0.1) is 18.8 Å². The minimum absolute atomic E-state index is 0.110. The predicted molar refractivity (Wildman–Crippen MR) is 47.3 cm³/mol. The minimum atomic E-state index is -0.499. The van der Waals surface area contributed by atoms with Crippen molar-refractivity contribution in [3.05, 3.63) is 11.3 Å². The summed E-state index contributed by atoms with van der Waals surface area (Å²) < 4.78 is 4.64. The summed E-state index contributed by atoms with van der Waals surface area (Å²) in [5.41, 5.74) is 0.110. The van der Waals surface area contributed by atoms with Crippen LogP contribution in [0.3, 0.4) is 0 Å². The van der Waals surface area contributed by atoms with Gasteiger partial charge in [0.25, 0.3) is 0 Å². The second-order valence-electron chi connectivity index (χ2n) is 2.60. The molecule has 0 aromatic heterocycles. The maximum atomic E-state index is 10.9. The van der Waals surface area contributed by atoms with Crippen molar-refractivity contribution in [2.24, 2.45) is 0 Å². The summed E-state index contributed by atoms with van der Waals surface area (Å²) in [6.45, 7) is 4.62. The Bertz CT molecular complexity index is 236. The number of carbonyl (C=O) groups is 2. The Hall–Kier alpha value is -1.32. The Morgan fingerprint density at radius 3 is 2.15 bits per heavy atom. The van der Waals surface area contributed by atoms with Gasteiger partial charge in [-0.1, -0.05) is 0 Å². The molecule has 0 aliphatic carbocycles.